The van der Waals surface area contributed by atoms with Gasteiger partial charge in [-0.1, -0.05) is 13.8 Å². The summed E-state index contributed by atoms with van der Waals surface area (Å²) in [6.45, 7) is 12.5. The van der Waals surface area contributed by atoms with E-state index in [2.05, 4.69) is 24.1 Å². The molecule has 1 aliphatic carbocycles. The monoisotopic (exact) mass is 296 g/mol. The Morgan fingerprint density at radius 1 is 1.29 bits per heavy atom. The number of hydrogen-bond acceptors (Lipinski definition) is 4. The summed E-state index contributed by atoms with van der Waals surface area (Å²) in [5, 5.41) is 3.50. The number of carbonyl (C=O) groups is 1. The molecule has 122 valence electrons. The first-order valence-corrected chi connectivity index (χ1v) is 8.62. The summed E-state index contributed by atoms with van der Waals surface area (Å²) in [4.78, 5) is 14.8. The minimum Gasteiger partial charge on any atom is -0.465 e. The van der Waals surface area contributed by atoms with Crippen LogP contribution in [0.15, 0.2) is 0 Å². The molecule has 3 atom stereocenters. The number of carbonyl (C=O) groups excluding carboxylic acids is 1. The summed E-state index contributed by atoms with van der Waals surface area (Å²) in [6.07, 6.45) is 4.29. The van der Waals surface area contributed by atoms with Crippen LogP contribution in [-0.4, -0.2) is 48.7 Å². The lowest BCUT2D eigenvalue weighted by atomic mass is 9.95. The zero-order valence-corrected chi connectivity index (χ0v) is 14.2. The Labute approximate surface area is 129 Å². The van der Waals surface area contributed by atoms with Crippen LogP contribution in [0.5, 0.6) is 0 Å². The summed E-state index contributed by atoms with van der Waals surface area (Å²) in [5.41, 5.74) is -0.506. The normalized spacial score (nSPS) is 29.3. The zero-order valence-electron chi connectivity index (χ0n) is 14.2. The molecule has 3 unspecified atom stereocenters. The predicted octanol–water partition coefficient (Wildman–Crippen LogP) is 2.43. The SMILES string of the molecule is CCOC(=O)C(C)(CCCN1CC(C)C(C)C1)NC1CC1. The maximum Gasteiger partial charge on any atom is 0.326 e. The minimum absolute atomic E-state index is 0.0833. The second-order valence-electron chi connectivity index (χ2n) is 7.29. The first kappa shape index (κ1) is 16.8. The number of esters is 1. The quantitative estimate of drug-likeness (QED) is 0.699. The van der Waals surface area contributed by atoms with Crippen molar-refractivity contribution in [2.45, 2.75) is 65.0 Å². The van der Waals surface area contributed by atoms with E-state index in [1.165, 1.54) is 25.9 Å². The van der Waals surface area contributed by atoms with Crippen LogP contribution in [0.4, 0.5) is 0 Å². The Morgan fingerprint density at radius 2 is 1.90 bits per heavy atom. The van der Waals surface area contributed by atoms with Crippen LogP contribution in [0.2, 0.25) is 0 Å². The van der Waals surface area contributed by atoms with Crippen molar-refractivity contribution >= 4 is 5.97 Å². The largest absolute Gasteiger partial charge is 0.465 e. The highest BCUT2D eigenvalue weighted by Crippen LogP contribution is 2.27. The van der Waals surface area contributed by atoms with Crippen molar-refractivity contribution in [3.05, 3.63) is 0 Å². The fourth-order valence-corrected chi connectivity index (χ4v) is 3.29. The summed E-state index contributed by atoms with van der Waals surface area (Å²) in [7, 11) is 0. The van der Waals surface area contributed by atoms with Gasteiger partial charge in [0.05, 0.1) is 6.61 Å². The van der Waals surface area contributed by atoms with Crippen molar-refractivity contribution in [2.75, 3.05) is 26.2 Å². The lowest BCUT2D eigenvalue weighted by Gasteiger charge is -2.29. The fourth-order valence-electron chi connectivity index (χ4n) is 3.29. The summed E-state index contributed by atoms with van der Waals surface area (Å²) >= 11 is 0. The van der Waals surface area contributed by atoms with E-state index >= 15 is 0 Å². The lowest BCUT2D eigenvalue weighted by molar-refractivity contribution is -0.151. The van der Waals surface area contributed by atoms with Gasteiger partial charge in [-0.3, -0.25) is 10.1 Å². The Morgan fingerprint density at radius 3 is 2.43 bits per heavy atom. The molecule has 2 aliphatic rings. The molecule has 1 heterocycles. The van der Waals surface area contributed by atoms with E-state index < -0.39 is 5.54 Å². The van der Waals surface area contributed by atoms with Gasteiger partial charge in [-0.05, 0) is 57.9 Å². The molecule has 1 saturated carbocycles. The average Bonchev–Trinajstić information content (AvgIpc) is 3.16. The van der Waals surface area contributed by atoms with Gasteiger partial charge in [0.15, 0.2) is 0 Å². The molecule has 0 aromatic carbocycles. The highest BCUT2D eigenvalue weighted by molar-refractivity contribution is 5.80. The number of ether oxygens (including phenoxy) is 1. The molecule has 0 aromatic rings. The van der Waals surface area contributed by atoms with Crippen molar-refractivity contribution in [2.24, 2.45) is 11.8 Å². The van der Waals surface area contributed by atoms with E-state index in [4.69, 9.17) is 4.74 Å². The van der Waals surface area contributed by atoms with Gasteiger partial charge in [-0.15, -0.1) is 0 Å². The van der Waals surface area contributed by atoms with Crippen molar-refractivity contribution in [3.63, 3.8) is 0 Å². The van der Waals surface area contributed by atoms with Crippen molar-refractivity contribution in [1.82, 2.24) is 10.2 Å². The molecule has 0 radical (unpaired) electrons. The summed E-state index contributed by atoms with van der Waals surface area (Å²) in [5.74, 6) is 1.51. The molecule has 2 rings (SSSR count). The number of likely N-dealkylation sites (tertiary alicyclic amines) is 1. The molecule has 0 bridgehead atoms. The van der Waals surface area contributed by atoms with Crippen LogP contribution in [0, 0.1) is 11.8 Å². The first-order valence-electron chi connectivity index (χ1n) is 8.62. The van der Waals surface area contributed by atoms with Gasteiger partial charge >= 0.3 is 5.97 Å². The third kappa shape index (κ3) is 4.68. The Balaban J connectivity index is 1.80. The second kappa shape index (κ2) is 7.10. The first-order chi connectivity index (χ1) is 9.94. The molecule has 0 aromatic heterocycles. The van der Waals surface area contributed by atoms with E-state index in [0.29, 0.717) is 12.6 Å². The number of rotatable bonds is 8. The number of nitrogens with zero attached hydrogens (tertiary/aromatic N) is 1. The molecule has 21 heavy (non-hydrogen) atoms. The van der Waals surface area contributed by atoms with Gasteiger partial charge < -0.3 is 9.64 Å². The van der Waals surface area contributed by atoms with E-state index in [0.717, 1.165) is 31.2 Å². The molecule has 0 spiro atoms. The second-order valence-corrected chi connectivity index (χ2v) is 7.29. The van der Waals surface area contributed by atoms with Gasteiger partial charge in [0.25, 0.3) is 0 Å². The Hall–Kier alpha value is -0.610. The highest BCUT2D eigenvalue weighted by atomic mass is 16.5. The molecule has 4 nitrogen and oxygen atoms in total. The van der Waals surface area contributed by atoms with Crippen molar-refractivity contribution < 1.29 is 9.53 Å². The van der Waals surface area contributed by atoms with Crippen molar-refractivity contribution in [3.8, 4) is 0 Å². The zero-order chi connectivity index (χ0) is 15.5. The van der Waals surface area contributed by atoms with E-state index in [1.54, 1.807) is 0 Å². The molecule has 4 heteroatoms. The van der Waals surface area contributed by atoms with Crippen molar-refractivity contribution in [1.29, 1.82) is 0 Å². The average molecular weight is 296 g/mol. The predicted molar refractivity (Wildman–Crippen MR) is 85.2 cm³/mol. The van der Waals surface area contributed by atoms with Gasteiger partial charge in [-0.2, -0.15) is 0 Å². The van der Waals surface area contributed by atoms with Gasteiger partial charge in [0, 0.05) is 19.1 Å². The third-order valence-corrected chi connectivity index (χ3v) is 5.04. The van der Waals surface area contributed by atoms with Crippen LogP contribution in [-0.2, 0) is 9.53 Å². The molecular formula is C17H32N2O2. The van der Waals surface area contributed by atoms with E-state index in [-0.39, 0.29) is 5.97 Å². The third-order valence-electron chi connectivity index (χ3n) is 5.04. The van der Waals surface area contributed by atoms with Gasteiger partial charge in [0.1, 0.15) is 5.54 Å². The molecule has 1 saturated heterocycles. The minimum atomic E-state index is -0.506. The van der Waals surface area contributed by atoms with Gasteiger partial charge in [0.2, 0.25) is 0 Å². The molecular weight excluding hydrogens is 264 g/mol. The van der Waals surface area contributed by atoms with Crippen LogP contribution in [0.1, 0.15) is 53.4 Å². The molecule has 1 aliphatic heterocycles. The van der Waals surface area contributed by atoms with Crippen LogP contribution in [0.25, 0.3) is 0 Å². The number of nitrogens with one attached hydrogen (secondary N) is 1. The molecule has 2 fully saturated rings. The van der Waals surface area contributed by atoms with Crippen LogP contribution >= 0.6 is 0 Å². The standard InChI is InChI=1S/C17H32N2O2/c1-5-21-16(20)17(4,18-15-7-8-15)9-6-10-19-11-13(2)14(3)12-19/h13-15,18H,5-12H2,1-4H3. The lowest BCUT2D eigenvalue weighted by Crippen LogP contribution is -2.51. The maximum atomic E-state index is 12.3. The maximum absolute atomic E-state index is 12.3. The molecule has 0 amide bonds. The molecule has 1 N–H and O–H groups in total. The number of hydrogen-bond donors (Lipinski definition) is 1. The Kier molecular flexibility index (Phi) is 5.67. The summed E-state index contributed by atoms with van der Waals surface area (Å²) in [6, 6.07) is 0.520. The van der Waals surface area contributed by atoms with Crippen LogP contribution in [0.3, 0.4) is 0 Å². The van der Waals surface area contributed by atoms with E-state index in [9.17, 15) is 4.79 Å². The van der Waals surface area contributed by atoms with Crippen LogP contribution < -0.4 is 5.32 Å². The fraction of sp³-hybridized carbons (Fsp3) is 0.941. The topological polar surface area (TPSA) is 41.6 Å². The summed E-state index contributed by atoms with van der Waals surface area (Å²) < 4.78 is 5.28. The van der Waals surface area contributed by atoms with Gasteiger partial charge in [-0.25, -0.2) is 0 Å². The smallest absolute Gasteiger partial charge is 0.326 e. The Bertz CT molecular complexity index is 347. The highest BCUT2D eigenvalue weighted by Gasteiger charge is 2.39. The van der Waals surface area contributed by atoms with E-state index in [1.807, 2.05) is 13.8 Å².